The molecule has 52 heavy (non-hydrogen) atoms. The van der Waals surface area contributed by atoms with Crippen molar-refractivity contribution in [3.8, 4) is 24.3 Å². The Hall–Kier alpha value is -7.80. The number of nitrogens with zero attached hydrogens (tertiary/aromatic N) is 10. The van der Waals surface area contributed by atoms with Crippen LogP contribution in [0.4, 0.5) is 0 Å². The Balaban J connectivity index is 1.48. The minimum absolute atomic E-state index is 0.0995. The zero-order valence-electron chi connectivity index (χ0n) is 27.2. The topological polar surface area (TPSA) is 204 Å². The molecule has 12 heteroatoms. The van der Waals surface area contributed by atoms with Gasteiger partial charge in [-0.2, -0.15) is 21.0 Å². The molecule has 3 aromatic heterocycles. The van der Waals surface area contributed by atoms with Crippen LogP contribution in [-0.2, 0) is 0 Å². The van der Waals surface area contributed by atoms with Crippen molar-refractivity contribution in [2.24, 2.45) is 0 Å². The highest BCUT2D eigenvalue weighted by Crippen LogP contribution is 2.40. The predicted molar refractivity (Wildman–Crippen MR) is 194 cm³/mol. The van der Waals surface area contributed by atoms with Crippen LogP contribution in [0.3, 0.4) is 0 Å². The molecular formula is C40H22N12. The van der Waals surface area contributed by atoms with E-state index in [4.69, 9.17) is 29.9 Å². The van der Waals surface area contributed by atoms with Gasteiger partial charge < -0.3 is 9.97 Å². The maximum absolute atomic E-state index is 10.6. The lowest BCUT2D eigenvalue weighted by atomic mass is 10.00. The first-order chi connectivity index (χ1) is 25.6. The van der Waals surface area contributed by atoms with Crippen molar-refractivity contribution < 1.29 is 0 Å². The summed E-state index contributed by atoms with van der Waals surface area (Å²) in [5, 5.41) is 42.4. The van der Waals surface area contributed by atoms with Gasteiger partial charge in [-0.1, -0.05) is 72.9 Å². The summed E-state index contributed by atoms with van der Waals surface area (Å²) in [4.78, 5) is 35.7. The lowest BCUT2D eigenvalue weighted by molar-refractivity contribution is 1.10. The first-order valence-corrected chi connectivity index (χ1v) is 16.4. The summed E-state index contributed by atoms with van der Waals surface area (Å²) in [5.74, 6) is 0.591. The first-order valence-electron chi connectivity index (χ1n) is 16.4. The molecule has 2 N–H and O–H groups in total. The number of hydrogen-bond donors (Lipinski definition) is 2. The van der Waals surface area contributed by atoms with Crippen LogP contribution in [0, 0.1) is 45.3 Å². The molecule has 0 aromatic carbocycles. The lowest BCUT2D eigenvalue weighted by Gasteiger charge is -2.03. The van der Waals surface area contributed by atoms with Crippen LogP contribution < -0.4 is 0 Å². The van der Waals surface area contributed by atoms with E-state index in [-0.39, 0.29) is 68.2 Å². The summed E-state index contributed by atoms with van der Waals surface area (Å²) in [6.45, 7) is 0. The molecule has 0 saturated heterocycles. The number of nitriles is 4. The molecule has 0 spiro atoms. The van der Waals surface area contributed by atoms with Crippen molar-refractivity contribution in [1.82, 2.24) is 39.9 Å². The number of nitrogens with one attached hydrogen (secondary N) is 2. The zero-order valence-corrected chi connectivity index (χ0v) is 27.2. The van der Waals surface area contributed by atoms with Gasteiger partial charge in [0.25, 0.3) is 0 Å². The third-order valence-corrected chi connectivity index (χ3v) is 9.43. The second-order valence-corrected chi connectivity index (χ2v) is 12.4. The van der Waals surface area contributed by atoms with Gasteiger partial charge in [0.05, 0.1) is 0 Å². The van der Waals surface area contributed by atoms with Crippen molar-refractivity contribution in [2.75, 3.05) is 0 Å². The van der Waals surface area contributed by atoms with Gasteiger partial charge in [0, 0.05) is 22.3 Å². The molecule has 0 radical (unpaired) electrons. The molecule has 12 nitrogen and oxygen atoms in total. The van der Waals surface area contributed by atoms with Crippen molar-refractivity contribution in [3.63, 3.8) is 0 Å². The maximum Gasteiger partial charge on any atom is 0.175 e. The normalized spacial score (nSPS) is 16.8. The summed E-state index contributed by atoms with van der Waals surface area (Å²) in [6, 6.07) is 9.23. The number of aromatic amines is 2. The van der Waals surface area contributed by atoms with Gasteiger partial charge in [-0.3, -0.25) is 0 Å². The van der Waals surface area contributed by atoms with Crippen LogP contribution in [0.1, 0.15) is 71.2 Å². The lowest BCUT2D eigenvalue weighted by Crippen LogP contribution is -1.92. The van der Waals surface area contributed by atoms with E-state index in [0.717, 1.165) is 22.3 Å². The highest BCUT2D eigenvalue weighted by atomic mass is 15.1. The average molecular weight is 671 g/mol. The molecule has 0 amide bonds. The van der Waals surface area contributed by atoms with Crippen LogP contribution in [0.25, 0.3) is 56.0 Å². The monoisotopic (exact) mass is 670 g/mol. The van der Waals surface area contributed by atoms with E-state index >= 15 is 0 Å². The second-order valence-electron chi connectivity index (χ2n) is 12.4. The molecule has 0 fully saturated rings. The molecule has 8 bridgehead atoms. The minimum Gasteiger partial charge on any atom is -0.323 e. The van der Waals surface area contributed by atoms with E-state index in [1.165, 1.54) is 0 Å². The Morgan fingerprint density at radius 3 is 1.12 bits per heavy atom. The van der Waals surface area contributed by atoms with Crippen LogP contribution in [-0.4, -0.2) is 39.9 Å². The molecule has 0 unspecified atom stereocenters. The third kappa shape index (κ3) is 4.64. The number of H-pyrrole nitrogens is 2. The molecule has 2 aliphatic heterocycles. The van der Waals surface area contributed by atoms with Gasteiger partial charge in [0.15, 0.2) is 34.6 Å². The second kappa shape index (κ2) is 12.0. The number of allylic oxidation sites excluding steroid dienone is 20. The zero-order chi connectivity index (χ0) is 35.3. The smallest absolute Gasteiger partial charge is 0.175 e. The Morgan fingerprint density at radius 1 is 0.423 bits per heavy atom. The highest BCUT2D eigenvalue weighted by molar-refractivity contribution is 6.05. The molecule has 3 aromatic rings. The molecular weight excluding hydrogens is 649 g/mol. The average Bonchev–Trinajstić information content (AvgIpc) is 3.99. The van der Waals surface area contributed by atoms with Crippen molar-refractivity contribution in [2.45, 2.75) is 25.7 Å². The number of fused-ring (bicyclic) bond motifs is 8. The van der Waals surface area contributed by atoms with Crippen LogP contribution >= 0.6 is 0 Å². The van der Waals surface area contributed by atoms with Crippen LogP contribution in [0.5, 0.6) is 0 Å². The van der Waals surface area contributed by atoms with Gasteiger partial charge in [0.2, 0.25) is 0 Å². The molecule has 6 aliphatic rings. The standard InChI is InChI=1S/C40H22N12/c41-17-25-29(21-9-1-2-10-21)37-45-33(25)50-38-31(23-13-5-6-14-23)27(19-43)35(47-38)52-40-32(24-15-7-8-16-24)28(20-44)36(48-40)51-39-30(22-11-3-4-12-22)26(18-42)34(46-39)49-37/h1-9,11,13,15H,10,12,14,16H2,(H2,45,46,47,48,49,50,51,52). The van der Waals surface area contributed by atoms with Gasteiger partial charge in [-0.15, -0.1) is 0 Å². The third-order valence-electron chi connectivity index (χ3n) is 9.43. The van der Waals surface area contributed by atoms with Crippen molar-refractivity contribution >= 4 is 56.0 Å². The van der Waals surface area contributed by atoms with E-state index in [9.17, 15) is 21.0 Å². The molecule has 5 heterocycles. The van der Waals surface area contributed by atoms with Crippen molar-refractivity contribution in [1.29, 1.82) is 21.0 Å². The minimum atomic E-state index is 0.0995. The number of rotatable bonds is 4. The molecule has 0 atom stereocenters. The first kappa shape index (κ1) is 30.3. The number of aromatic nitrogens is 8. The largest absolute Gasteiger partial charge is 0.323 e. The van der Waals surface area contributed by atoms with Gasteiger partial charge >= 0.3 is 0 Å². The molecule has 0 saturated carbocycles. The molecule has 4 aliphatic carbocycles. The quantitative estimate of drug-likeness (QED) is 0.292. The summed E-state index contributed by atoms with van der Waals surface area (Å²) in [5.41, 5.74) is 7.14. The maximum atomic E-state index is 10.6. The van der Waals surface area contributed by atoms with Gasteiger partial charge in [-0.25, -0.2) is 29.9 Å². The fourth-order valence-corrected chi connectivity index (χ4v) is 7.10. The van der Waals surface area contributed by atoms with E-state index in [1.807, 2.05) is 72.9 Å². The fourth-order valence-electron chi connectivity index (χ4n) is 7.10. The summed E-state index contributed by atoms with van der Waals surface area (Å²) in [6.07, 6.45) is 25.3. The van der Waals surface area contributed by atoms with Crippen LogP contribution in [0.2, 0.25) is 0 Å². The van der Waals surface area contributed by atoms with E-state index in [0.29, 0.717) is 48.0 Å². The summed E-state index contributed by atoms with van der Waals surface area (Å²) < 4.78 is 0. The highest BCUT2D eigenvalue weighted by Gasteiger charge is 2.30. The number of hydrogen-bond acceptors (Lipinski definition) is 10. The van der Waals surface area contributed by atoms with E-state index < -0.39 is 0 Å². The van der Waals surface area contributed by atoms with E-state index in [2.05, 4.69) is 34.2 Å². The Morgan fingerprint density at radius 2 is 0.788 bits per heavy atom. The summed E-state index contributed by atoms with van der Waals surface area (Å²) in [7, 11) is 0. The fraction of sp³-hybridized carbons (Fsp3) is 0.100. The Kier molecular flexibility index (Phi) is 6.96. The van der Waals surface area contributed by atoms with Crippen molar-refractivity contribution in [3.05, 3.63) is 130 Å². The SMILES string of the molecule is N#CC1=C(C2=CC=CC2)c2nc1nc1[nH]c(nc3nc(nc4[nH]c(n2)c(C#N)c4C2=CC=CC2)C(C#N)=C3C2=CC=CC2)c(C#N)c1C1=CC=CC1. The Bertz CT molecular complexity index is 2680. The van der Waals surface area contributed by atoms with Gasteiger partial charge in [0.1, 0.15) is 57.8 Å². The molecule has 9 rings (SSSR count). The summed E-state index contributed by atoms with van der Waals surface area (Å²) >= 11 is 0. The van der Waals surface area contributed by atoms with E-state index in [1.54, 1.807) is 0 Å². The molecule has 242 valence electrons. The van der Waals surface area contributed by atoms with Crippen LogP contribution in [0.15, 0.2) is 84.1 Å². The predicted octanol–water partition coefficient (Wildman–Crippen LogP) is 6.97. The Labute approximate surface area is 295 Å². The van der Waals surface area contributed by atoms with Gasteiger partial charge in [-0.05, 0) is 48.0 Å².